The Balaban J connectivity index is 2.07. The molecule has 1 aliphatic heterocycles. The summed E-state index contributed by atoms with van der Waals surface area (Å²) in [5.74, 6) is -0.230. The van der Waals surface area contributed by atoms with Crippen LogP contribution in [-0.2, 0) is 22.5 Å². The molecule has 0 spiro atoms. The van der Waals surface area contributed by atoms with E-state index in [1.165, 1.54) is 0 Å². The average molecular weight is 333 g/mol. The molecule has 1 N–H and O–H groups in total. The van der Waals surface area contributed by atoms with Gasteiger partial charge in [-0.2, -0.15) is 18.3 Å². The monoisotopic (exact) mass is 333 g/mol. The first-order valence-corrected chi connectivity index (χ1v) is 7.52. The summed E-state index contributed by atoms with van der Waals surface area (Å²) >= 11 is 0. The molecule has 1 aromatic rings. The SMILES string of the molecule is Cc1nn(CC(F)(F)F)c(C)c1CC(=O)NC1CCOC1(C)C. The van der Waals surface area contributed by atoms with Crippen LogP contribution in [0.5, 0.6) is 0 Å². The second kappa shape index (κ2) is 6.14. The van der Waals surface area contributed by atoms with Crippen LogP contribution in [0.25, 0.3) is 0 Å². The second-order valence-electron chi connectivity index (χ2n) is 6.46. The number of carbonyl (C=O) groups excluding carboxylic acids is 1. The number of aryl methyl sites for hydroxylation is 1. The van der Waals surface area contributed by atoms with Crippen LogP contribution >= 0.6 is 0 Å². The van der Waals surface area contributed by atoms with Gasteiger partial charge in [-0.15, -0.1) is 0 Å². The number of rotatable bonds is 4. The number of nitrogens with zero attached hydrogens (tertiary/aromatic N) is 2. The fourth-order valence-electron chi connectivity index (χ4n) is 2.85. The lowest BCUT2D eigenvalue weighted by molar-refractivity contribution is -0.143. The third-order valence-electron chi connectivity index (χ3n) is 4.25. The molecule has 2 rings (SSSR count). The normalized spacial score (nSPS) is 20.7. The van der Waals surface area contributed by atoms with Crippen molar-refractivity contribution in [3.05, 3.63) is 17.0 Å². The van der Waals surface area contributed by atoms with Crippen molar-refractivity contribution < 1.29 is 22.7 Å². The third kappa shape index (κ3) is 4.25. The molecule has 1 aliphatic rings. The van der Waals surface area contributed by atoms with Crippen LogP contribution in [-0.4, -0.2) is 40.1 Å². The predicted octanol–water partition coefficient (Wildman–Crippen LogP) is 2.29. The molecule has 5 nitrogen and oxygen atoms in total. The molecule has 1 fully saturated rings. The van der Waals surface area contributed by atoms with Gasteiger partial charge in [-0.1, -0.05) is 0 Å². The summed E-state index contributed by atoms with van der Waals surface area (Å²) in [6.45, 7) is 6.41. The number of halogens is 3. The number of hydrogen-bond donors (Lipinski definition) is 1. The smallest absolute Gasteiger partial charge is 0.373 e. The maximum Gasteiger partial charge on any atom is 0.408 e. The number of carbonyl (C=O) groups is 1. The third-order valence-corrected chi connectivity index (χ3v) is 4.25. The van der Waals surface area contributed by atoms with E-state index >= 15 is 0 Å². The van der Waals surface area contributed by atoms with Crippen LogP contribution in [0.4, 0.5) is 13.2 Å². The van der Waals surface area contributed by atoms with E-state index in [1.807, 2.05) is 13.8 Å². The summed E-state index contributed by atoms with van der Waals surface area (Å²) < 4.78 is 44.0. The predicted molar refractivity (Wildman–Crippen MR) is 78.0 cm³/mol. The number of amides is 1. The maximum atomic E-state index is 12.5. The fraction of sp³-hybridized carbons (Fsp3) is 0.733. The van der Waals surface area contributed by atoms with Gasteiger partial charge in [0.05, 0.1) is 23.8 Å². The minimum Gasteiger partial charge on any atom is -0.373 e. The lowest BCUT2D eigenvalue weighted by Gasteiger charge is -2.26. The van der Waals surface area contributed by atoms with Gasteiger partial charge in [0.15, 0.2) is 0 Å². The van der Waals surface area contributed by atoms with Gasteiger partial charge in [0.2, 0.25) is 5.91 Å². The number of alkyl halides is 3. The minimum absolute atomic E-state index is 0.0160. The largest absolute Gasteiger partial charge is 0.408 e. The number of aromatic nitrogens is 2. The lowest BCUT2D eigenvalue weighted by atomic mass is 9.98. The van der Waals surface area contributed by atoms with Crippen molar-refractivity contribution in [2.24, 2.45) is 0 Å². The van der Waals surface area contributed by atoms with Crippen LogP contribution in [0.1, 0.15) is 37.2 Å². The number of ether oxygens (including phenoxy) is 1. The summed E-state index contributed by atoms with van der Waals surface area (Å²) in [4.78, 5) is 12.2. The van der Waals surface area contributed by atoms with Crippen LogP contribution < -0.4 is 5.32 Å². The van der Waals surface area contributed by atoms with Gasteiger partial charge in [-0.25, -0.2) is 0 Å². The van der Waals surface area contributed by atoms with Gasteiger partial charge in [0.25, 0.3) is 0 Å². The molecule has 0 bridgehead atoms. The zero-order valence-electron chi connectivity index (χ0n) is 13.8. The van der Waals surface area contributed by atoms with Gasteiger partial charge in [-0.05, 0) is 34.1 Å². The second-order valence-corrected chi connectivity index (χ2v) is 6.46. The highest BCUT2D eigenvalue weighted by Gasteiger charge is 2.37. The van der Waals surface area contributed by atoms with Crippen molar-refractivity contribution >= 4 is 5.91 Å². The highest BCUT2D eigenvalue weighted by molar-refractivity contribution is 5.79. The van der Waals surface area contributed by atoms with E-state index in [0.29, 0.717) is 23.6 Å². The summed E-state index contributed by atoms with van der Waals surface area (Å²) in [5, 5.41) is 6.81. The molecule has 0 radical (unpaired) electrons. The van der Waals surface area contributed by atoms with Gasteiger partial charge in [0, 0.05) is 17.9 Å². The van der Waals surface area contributed by atoms with Crippen LogP contribution in [0.3, 0.4) is 0 Å². The van der Waals surface area contributed by atoms with Crippen molar-refractivity contribution in [3.63, 3.8) is 0 Å². The minimum atomic E-state index is -4.34. The first-order valence-electron chi connectivity index (χ1n) is 7.52. The van der Waals surface area contributed by atoms with Crippen molar-refractivity contribution in [1.82, 2.24) is 15.1 Å². The molecule has 1 amide bonds. The maximum absolute atomic E-state index is 12.5. The Hall–Kier alpha value is -1.57. The highest BCUT2D eigenvalue weighted by atomic mass is 19.4. The number of hydrogen-bond acceptors (Lipinski definition) is 3. The first-order chi connectivity index (χ1) is 10.5. The topological polar surface area (TPSA) is 56.2 Å². The van der Waals surface area contributed by atoms with E-state index in [2.05, 4.69) is 10.4 Å². The highest BCUT2D eigenvalue weighted by Crippen LogP contribution is 2.25. The molecular weight excluding hydrogens is 311 g/mol. The Labute approximate surface area is 133 Å². The summed E-state index contributed by atoms with van der Waals surface area (Å²) in [7, 11) is 0. The van der Waals surface area contributed by atoms with Crippen molar-refractivity contribution in [2.45, 2.75) is 64.9 Å². The standard InChI is InChI=1S/C15H22F3N3O2/c1-9-11(10(2)21(20-9)8-15(16,17)18)7-13(22)19-12-5-6-23-14(12,3)4/h12H,5-8H2,1-4H3,(H,19,22). The van der Waals surface area contributed by atoms with E-state index in [1.54, 1.807) is 13.8 Å². The van der Waals surface area contributed by atoms with Crippen molar-refractivity contribution in [3.8, 4) is 0 Å². The summed E-state index contributed by atoms with van der Waals surface area (Å²) in [6, 6.07) is -0.0965. The summed E-state index contributed by atoms with van der Waals surface area (Å²) in [5.41, 5.74) is 0.935. The number of nitrogens with one attached hydrogen (secondary N) is 1. The zero-order chi connectivity index (χ0) is 17.4. The van der Waals surface area contributed by atoms with E-state index in [4.69, 9.17) is 4.74 Å². The average Bonchev–Trinajstić information content (AvgIpc) is 2.82. The molecule has 23 heavy (non-hydrogen) atoms. The summed E-state index contributed by atoms with van der Waals surface area (Å²) in [6.07, 6.45) is -3.60. The molecule has 1 atom stereocenters. The van der Waals surface area contributed by atoms with E-state index in [0.717, 1.165) is 11.1 Å². The molecule has 1 aromatic heterocycles. The van der Waals surface area contributed by atoms with E-state index < -0.39 is 18.3 Å². The van der Waals surface area contributed by atoms with Gasteiger partial charge >= 0.3 is 6.18 Å². The first kappa shape index (κ1) is 17.8. The Bertz CT molecular complexity index is 594. The molecule has 2 heterocycles. The van der Waals surface area contributed by atoms with E-state index in [9.17, 15) is 18.0 Å². The van der Waals surface area contributed by atoms with Crippen LogP contribution in [0, 0.1) is 13.8 Å². The van der Waals surface area contributed by atoms with Gasteiger partial charge in [-0.3, -0.25) is 9.48 Å². The van der Waals surface area contributed by atoms with E-state index in [-0.39, 0.29) is 18.4 Å². The zero-order valence-corrected chi connectivity index (χ0v) is 13.8. The Kier molecular flexibility index (Phi) is 4.75. The molecule has 0 aromatic carbocycles. The Morgan fingerprint density at radius 2 is 2.09 bits per heavy atom. The fourth-order valence-corrected chi connectivity index (χ4v) is 2.85. The molecular formula is C15H22F3N3O2. The van der Waals surface area contributed by atoms with Gasteiger partial charge in [0.1, 0.15) is 6.54 Å². The molecule has 1 unspecified atom stereocenters. The quantitative estimate of drug-likeness (QED) is 0.920. The molecule has 0 aliphatic carbocycles. The van der Waals surface area contributed by atoms with Crippen molar-refractivity contribution in [2.75, 3.05) is 6.61 Å². The molecule has 1 saturated heterocycles. The molecule has 0 saturated carbocycles. The van der Waals surface area contributed by atoms with Crippen molar-refractivity contribution in [1.29, 1.82) is 0 Å². The van der Waals surface area contributed by atoms with Crippen LogP contribution in [0.2, 0.25) is 0 Å². The van der Waals surface area contributed by atoms with Gasteiger partial charge < -0.3 is 10.1 Å². The lowest BCUT2D eigenvalue weighted by Crippen LogP contribution is -2.46. The van der Waals surface area contributed by atoms with Crippen LogP contribution in [0.15, 0.2) is 0 Å². The Morgan fingerprint density at radius 1 is 1.43 bits per heavy atom. The Morgan fingerprint density at radius 3 is 2.61 bits per heavy atom. The molecule has 130 valence electrons. The molecule has 8 heteroatoms.